The number of nitrogens with zero attached hydrogens (tertiary/aromatic N) is 1. The van der Waals surface area contributed by atoms with Gasteiger partial charge < -0.3 is 4.90 Å². The van der Waals surface area contributed by atoms with Gasteiger partial charge in [-0.2, -0.15) is 0 Å². The lowest BCUT2D eigenvalue weighted by Gasteiger charge is -2.15. The summed E-state index contributed by atoms with van der Waals surface area (Å²) >= 11 is 0. The summed E-state index contributed by atoms with van der Waals surface area (Å²) in [6, 6.07) is 0. The summed E-state index contributed by atoms with van der Waals surface area (Å²) in [5.41, 5.74) is 0. The summed E-state index contributed by atoms with van der Waals surface area (Å²) in [7, 11) is 2.26. The number of rotatable bonds is 20. The van der Waals surface area contributed by atoms with Crippen molar-refractivity contribution in [1.82, 2.24) is 4.90 Å². The Balaban J connectivity index is -0.000000203. The average molecular weight is 452 g/mol. The first-order valence-corrected chi connectivity index (χ1v) is 13.3. The predicted octanol–water partition coefficient (Wildman–Crippen LogP) is 9.43. The van der Waals surface area contributed by atoms with Gasteiger partial charge in [0.15, 0.2) is 0 Å². The molecule has 194 valence electrons. The van der Waals surface area contributed by atoms with Gasteiger partial charge in [-0.25, -0.2) is 0 Å². The SMILES string of the molecule is CCCCCCCCCCCCC.CCCCCCCN(C)CCCCC.OO.OO. The molecule has 0 aromatic heterocycles. The van der Waals surface area contributed by atoms with Crippen LogP contribution in [0.5, 0.6) is 0 Å². The Hall–Kier alpha value is -0.200. The van der Waals surface area contributed by atoms with Crippen LogP contribution in [0.1, 0.15) is 150 Å². The summed E-state index contributed by atoms with van der Waals surface area (Å²) in [6.45, 7) is 11.7. The van der Waals surface area contributed by atoms with Gasteiger partial charge in [-0.15, -0.1) is 0 Å². The van der Waals surface area contributed by atoms with E-state index in [1.807, 2.05) is 0 Å². The van der Waals surface area contributed by atoms with Crippen LogP contribution in [0.2, 0.25) is 0 Å². The largest absolute Gasteiger partial charge is 0.306 e. The van der Waals surface area contributed by atoms with Crippen LogP contribution < -0.4 is 0 Å². The molecule has 5 heteroatoms. The van der Waals surface area contributed by atoms with Gasteiger partial charge >= 0.3 is 0 Å². The Morgan fingerprint density at radius 2 is 0.548 bits per heavy atom. The lowest BCUT2D eigenvalue weighted by Crippen LogP contribution is -2.20. The third kappa shape index (κ3) is 48.5. The van der Waals surface area contributed by atoms with Crippen molar-refractivity contribution in [3.63, 3.8) is 0 Å². The van der Waals surface area contributed by atoms with Crippen LogP contribution >= 0.6 is 0 Å². The van der Waals surface area contributed by atoms with Gasteiger partial charge in [-0.1, -0.05) is 137 Å². The zero-order valence-electron chi connectivity index (χ0n) is 22.1. The molecule has 0 saturated heterocycles. The smallest absolute Gasteiger partial charge is 0.00218 e. The Labute approximate surface area is 196 Å². The lowest BCUT2D eigenvalue weighted by molar-refractivity contribution is -0.176. The molecule has 0 radical (unpaired) electrons. The summed E-state index contributed by atoms with van der Waals surface area (Å²) in [5, 5.41) is 24.0. The van der Waals surface area contributed by atoms with Gasteiger partial charge in [-0.05, 0) is 33.0 Å². The van der Waals surface area contributed by atoms with Crippen LogP contribution in [-0.4, -0.2) is 46.1 Å². The van der Waals surface area contributed by atoms with Crippen LogP contribution in [0.3, 0.4) is 0 Å². The minimum atomic E-state index is 1.29. The fourth-order valence-corrected chi connectivity index (χ4v) is 3.47. The molecule has 0 unspecified atom stereocenters. The third-order valence-corrected chi connectivity index (χ3v) is 5.49. The summed E-state index contributed by atoms with van der Waals surface area (Å²) in [6.07, 6.45) is 27.1. The first kappa shape index (κ1) is 38.1. The lowest BCUT2D eigenvalue weighted by atomic mass is 10.1. The molecule has 0 aromatic rings. The number of hydrogen-bond acceptors (Lipinski definition) is 5. The van der Waals surface area contributed by atoms with Crippen molar-refractivity contribution in [2.45, 2.75) is 150 Å². The number of hydrogen-bond donors (Lipinski definition) is 4. The zero-order chi connectivity index (χ0) is 24.4. The van der Waals surface area contributed by atoms with Crippen LogP contribution in [0.4, 0.5) is 0 Å². The van der Waals surface area contributed by atoms with E-state index in [1.165, 1.54) is 135 Å². The number of unbranched alkanes of at least 4 members (excludes halogenated alkanes) is 16. The van der Waals surface area contributed by atoms with E-state index >= 15 is 0 Å². The van der Waals surface area contributed by atoms with Crippen molar-refractivity contribution in [1.29, 1.82) is 0 Å². The van der Waals surface area contributed by atoms with Crippen LogP contribution in [0, 0.1) is 0 Å². The normalized spacial score (nSPS) is 9.87. The Morgan fingerprint density at radius 1 is 0.355 bits per heavy atom. The molecule has 0 amide bonds. The van der Waals surface area contributed by atoms with Gasteiger partial charge in [0.25, 0.3) is 0 Å². The third-order valence-electron chi connectivity index (χ3n) is 5.49. The molecular weight excluding hydrogens is 390 g/mol. The molecule has 0 heterocycles. The van der Waals surface area contributed by atoms with Crippen molar-refractivity contribution in [2.24, 2.45) is 0 Å². The maximum absolute atomic E-state index is 6.00. The fourth-order valence-electron chi connectivity index (χ4n) is 3.47. The van der Waals surface area contributed by atoms with E-state index in [4.69, 9.17) is 21.0 Å². The van der Waals surface area contributed by atoms with Crippen molar-refractivity contribution in [3.05, 3.63) is 0 Å². The monoisotopic (exact) mass is 451 g/mol. The van der Waals surface area contributed by atoms with E-state index in [9.17, 15) is 0 Å². The highest BCUT2D eigenvalue weighted by Gasteiger charge is 1.97. The topological polar surface area (TPSA) is 84.2 Å². The average Bonchev–Trinajstić information content (AvgIpc) is 2.81. The first-order valence-electron chi connectivity index (χ1n) is 13.3. The second-order valence-electron chi connectivity index (χ2n) is 8.61. The van der Waals surface area contributed by atoms with Gasteiger partial charge in [0, 0.05) is 0 Å². The highest BCUT2D eigenvalue weighted by Crippen LogP contribution is 2.10. The van der Waals surface area contributed by atoms with E-state index in [0.29, 0.717) is 0 Å². The maximum atomic E-state index is 6.00. The maximum Gasteiger partial charge on any atom is -0.00218 e. The molecule has 0 rings (SSSR count). The Bertz CT molecular complexity index is 233. The predicted molar refractivity (Wildman–Crippen MR) is 138 cm³/mol. The standard InChI is InChI=1S/C13H29N.C13H28.2H2O2/c1-4-6-8-9-11-13-14(3)12-10-7-5-2;1-3-5-7-9-11-13-12-10-8-6-4-2;2*1-2/h4-13H2,1-3H3;3-13H2,1-2H3;2*1-2H. The van der Waals surface area contributed by atoms with Crippen LogP contribution in [-0.2, 0) is 0 Å². The highest BCUT2D eigenvalue weighted by atomic mass is 17.0. The second-order valence-corrected chi connectivity index (χ2v) is 8.61. The van der Waals surface area contributed by atoms with E-state index in [2.05, 4.69) is 39.6 Å². The summed E-state index contributed by atoms with van der Waals surface area (Å²) in [4.78, 5) is 2.49. The molecule has 0 aromatic carbocycles. The minimum absolute atomic E-state index is 1.29. The van der Waals surface area contributed by atoms with Gasteiger partial charge in [-0.3, -0.25) is 21.0 Å². The van der Waals surface area contributed by atoms with E-state index in [1.54, 1.807) is 0 Å². The van der Waals surface area contributed by atoms with Crippen molar-refractivity contribution >= 4 is 0 Å². The molecule has 4 N–H and O–H groups in total. The molecule has 31 heavy (non-hydrogen) atoms. The molecule has 5 nitrogen and oxygen atoms in total. The van der Waals surface area contributed by atoms with Gasteiger partial charge in [0.2, 0.25) is 0 Å². The molecule has 0 aliphatic carbocycles. The molecule has 0 aliphatic heterocycles. The second kappa shape index (κ2) is 43.6. The molecule has 0 aliphatic rings. The molecule has 0 bridgehead atoms. The van der Waals surface area contributed by atoms with Crippen molar-refractivity contribution in [2.75, 3.05) is 20.1 Å². The van der Waals surface area contributed by atoms with E-state index < -0.39 is 0 Å². The summed E-state index contributed by atoms with van der Waals surface area (Å²) in [5.74, 6) is 0. The molecule has 0 spiro atoms. The minimum Gasteiger partial charge on any atom is -0.306 e. The highest BCUT2D eigenvalue weighted by molar-refractivity contribution is 4.52. The quantitative estimate of drug-likeness (QED) is 0.0841. The first-order chi connectivity index (χ1) is 15.2. The molecular formula is C26H61NO4. The van der Waals surface area contributed by atoms with Crippen LogP contribution in [0.25, 0.3) is 0 Å². The van der Waals surface area contributed by atoms with Crippen molar-refractivity contribution < 1.29 is 21.0 Å². The Kier molecular flexibility index (Phi) is 53.6. The van der Waals surface area contributed by atoms with E-state index in [-0.39, 0.29) is 0 Å². The van der Waals surface area contributed by atoms with Crippen LogP contribution in [0.15, 0.2) is 0 Å². The fraction of sp³-hybridized carbons (Fsp3) is 1.00. The zero-order valence-corrected chi connectivity index (χ0v) is 22.1. The summed E-state index contributed by atoms with van der Waals surface area (Å²) < 4.78 is 0. The Morgan fingerprint density at radius 3 is 0.839 bits per heavy atom. The van der Waals surface area contributed by atoms with Gasteiger partial charge in [0.05, 0.1) is 0 Å². The van der Waals surface area contributed by atoms with E-state index in [0.717, 1.165) is 0 Å². The molecule has 0 atom stereocenters. The van der Waals surface area contributed by atoms with Crippen molar-refractivity contribution in [3.8, 4) is 0 Å². The molecule has 0 saturated carbocycles. The molecule has 0 fully saturated rings. The van der Waals surface area contributed by atoms with Gasteiger partial charge in [0.1, 0.15) is 0 Å².